The average molecular weight is 303 g/mol. The number of nitrogens with zero attached hydrogens (tertiary/aromatic N) is 2. The van der Waals surface area contributed by atoms with Gasteiger partial charge in [0, 0.05) is 38.4 Å². The van der Waals surface area contributed by atoms with Crippen LogP contribution in [0.15, 0.2) is 30.3 Å². The minimum absolute atomic E-state index is 0.152. The number of ether oxygens (including phenoxy) is 1. The molecule has 120 valence electrons. The van der Waals surface area contributed by atoms with Crippen LogP contribution < -0.4 is 10.2 Å². The van der Waals surface area contributed by atoms with Crippen molar-refractivity contribution in [2.75, 3.05) is 44.8 Å². The van der Waals surface area contributed by atoms with Crippen LogP contribution in [0, 0.1) is 0 Å². The average Bonchev–Trinajstić information content (AvgIpc) is 2.62. The molecule has 2 aliphatic rings. The molecule has 2 aliphatic heterocycles. The van der Waals surface area contributed by atoms with E-state index >= 15 is 0 Å². The fourth-order valence-electron chi connectivity index (χ4n) is 3.29. The molecular weight excluding hydrogens is 278 g/mol. The molecular formula is C17H25N3O2. The van der Waals surface area contributed by atoms with Crippen molar-refractivity contribution in [2.45, 2.75) is 24.9 Å². The summed E-state index contributed by atoms with van der Waals surface area (Å²) in [4.78, 5) is 16.9. The van der Waals surface area contributed by atoms with Gasteiger partial charge in [-0.2, -0.15) is 0 Å². The van der Waals surface area contributed by atoms with E-state index in [9.17, 15) is 4.79 Å². The molecule has 5 heteroatoms. The Bertz CT molecular complexity index is 488. The van der Waals surface area contributed by atoms with Crippen LogP contribution in [-0.4, -0.2) is 62.8 Å². The lowest BCUT2D eigenvalue weighted by Gasteiger charge is -2.40. The lowest BCUT2D eigenvalue weighted by atomic mass is 10.0. The number of amides is 1. The molecule has 0 aliphatic carbocycles. The number of carbonyl (C=O) groups excluding carboxylic acids is 1. The number of morpholine rings is 1. The monoisotopic (exact) mass is 303 g/mol. The van der Waals surface area contributed by atoms with Gasteiger partial charge in [0.1, 0.15) is 6.04 Å². The third-order valence-electron chi connectivity index (χ3n) is 4.63. The second-order valence-corrected chi connectivity index (χ2v) is 6.11. The summed E-state index contributed by atoms with van der Waals surface area (Å²) in [6.45, 7) is 3.90. The highest BCUT2D eigenvalue weighted by atomic mass is 16.5. The van der Waals surface area contributed by atoms with E-state index in [1.54, 1.807) is 0 Å². The van der Waals surface area contributed by atoms with Crippen molar-refractivity contribution in [3.63, 3.8) is 0 Å². The number of anilines is 1. The Hall–Kier alpha value is -1.59. The Labute approximate surface area is 132 Å². The zero-order valence-electron chi connectivity index (χ0n) is 13.2. The van der Waals surface area contributed by atoms with Gasteiger partial charge >= 0.3 is 0 Å². The van der Waals surface area contributed by atoms with Gasteiger partial charge in [0.15, 0.2) is 0 Å². The summed E-state index contributed by atoms with van der Waals surface area (Å²) in [6.07, 6.45) is 2.19. The zero-order valence-corrected chi connectivity index (χ0v) is 13.2. The van der Waals surface area contributed by atoms with Crippen molar-refractivity contribution in [1.29, 1.82) is 0 Å². The van der Waals surface area contributed by atoms with E-state index in [-0.39, 0.29) is 18.0 Å². The molecule has 2 fully saturated rings. The SMILES string of the molecule is CN(C(=O)C1COCCN1)C1CCCN(c2ccccc2)C1. The number of benzene rings is 1. The maximum Gasteiger partial charge on any atom is 0.242 e. The molecule has 1 aromatic carbocycles. The normalized spacial score (nSPS) is 25.8. The molecule has 1 amide bonds. The van der Waals surface area contributed by atoms with Gasteiger partial charge in [-0.15, -0.1) is 0 Å². The van der Waals surface area contributed by atoms with Crippen molar-refractivity contribution < 1.29 is 9.53 Å². The minimum Gasteiger partial charge on any atom is -0.378 e. The molecule has 2 unspecified atom stereocenters. The summed E-state index contributed by atoms with van der Waals surface area (Å²) < 4.78 is 5.41. The molecule has 0 spiro atoms. The topological polar surface area (TPSA) is 44.8 Å². The fraction of sp³-hybridized carbons (Fsp3) is 0.588. The van der Waals surface area contributed by atoms with Crippen molar-refractivity contribution in [1.82, 2.24) is 10.2 Å². The Morgan fingerprint density at radius 3 is 2.91 bits per heavy atom. The fourth-order valence-corrected chi connectivity index (χ4v) is 3.29. The third kappa shape index (κ3) is 3.42. The van der Waals surface area contributed by atoms with E-state index < -0.39 is 0 Å². The summed E-state index contributed by atoms with van der Waals surface area (Å²) in [5, 5.41) is 3.25. The van der Waals surface area contributed by atoms with Crippen LogP contribution >= 0.6 is 0 Å². The number of hydrogen-bond acceptors (Lipinski definition) is 4. The Kier molecular flexibility index (Phi) is 4.95. The van der Waals surface area contributed by atoms with Crippen LogP contribution in [0.2, 0.25) is 0 Å². The summed E-state index contributed by atoms with van der Waals surface area (Å²) >= 11 is 0. The van der Waals surface area contributed by atoms with Crippen LogP contribution in [0.1, 0.15) is 12.8 Å². The molecule has 1 aromatic rings. The van der Waals surface area contributed by atoms with Crippen molar-refractivity contribution in [3.8, 4) is 0 Å². The first-order chi connectivity index (χ1) is 10.8. The molecule has 2 saturated heterocycles. The number of hydrogen-bond donors (Lipinski definition) is 1. The van der Waals surface area contributed by atoms with Crippen LogP contribution in [0.25, 0.3) is 0 Å². The summed E-state index contributed by atoms with van der Waals surface area (Å²) in [5.74, 6) is 0.152. The van der Waals surface area contributed by atoms with Crippen LogP contribution in [0.5, 0.6) is 0 Å². The maximum absolute atomic E-state index is 12.6. The molecule has 3 rings (SSSR count). The van der Waals surface area contributed by atoms with Gasteiger partial charge in [-0.05, 0) is 25.0 Å². The molecule has 1 N–H and O–H groups in total. The number of piperidine rings is 1. The lowest BCUT2D eigenvalue weighted by molar-refractivity contribution is -0.137. The van der Waals surface area contributed by atoms with E-state index in [2.05, 4.69) is 34.5 Å². The summed E-state index contributed by atoms with van der Waals surface area (Å²) in [6, 6.07) is 10.5. The van der Waals surface area contributed by atoms with E-state index in [1.165, 1.54) is 5.69 Å². The predicted molar refractivity (Wildman–Crippen MR) is 87.1 cm³/mol. The number of para-hydroxylation sites is 1. The number of rotatable bonds is 3. The molecule has 5 nitrogen and oxygen atoms in total. The van der Waals surface area contributed by atoms with Gasteiger partial charge < -0.3 is 19.9 Å². The first-order valence-electron chi connectivity index (χ1n) is 8.13. The molecule has 2 heterocycles. The Balaban J connectivity index is 1.62. The van der Waals surface area contributed by atoms with Crippen molar-refractivity contribution in [3.05, 3.63) is 30.3 Å². The van der Waals surface area contributed by atoms with Crippen LogP contribution in [0.3, 0.4) is 0 Å². The number of nitrogens with one attached hydrogen (secondary N) is 1. The Morgan fingerprint density at radius 2 is 2.18 bits per heavy atom. The second kappa shape index (κ2) is 7.11. The van der Waals surface area contributed by atoms with Gasteiger partial charge in [-0.25, -0.2) is 0 Å². The predicted octanol–water partition coefficient (Wildman–Crippen LogP) is 1.10. The first kappa shape index (κ1) is 15.3. The largest absolute Gasteiger partial charge is 0.378 e. The van der Waals surface area contributed by atoms with E-state index in [4.69, 9.17) is 4.74 Å². The van der Waals surface area contributed by atoms with Gasteiger partial charge in [0.05, 0.1) is 13.2 Å². The highest BCUT2D eigenvalue weighted by Gasteiger charge is 2.31. The van der Waals surface area contributed by atoms with Gasteiger partial charge in [0.2, 0.25) is 5.91 Å². The van der Waals surface area contributed by atoms with Crippen molar-refractivity contribution >= 4 is 11.6 Å². The summed E-state index contributed by atoms with van der Waals surface area (Å²) in [7, 11) is 1.93. The quantitative estimate of drug-likeness (QED) is 0.908. The minimum atomic E-state index is -0.189. The maximum atomic E-state index is 12.6. The van der Waals surface area contributed by atoms with Gasteiger partial charge in [-0.1, -0.05) is 18.2 Å². The molecule has 0 saturated carbocycles. The standard InChI is InChI=1S/C17H25N3O2/c1-19(17(21)16-13-22-11-9-18-16)15-8-5-10-20(12-15)14-6-3-2-4-7-14/h2-4,6-7,15-16,18H,5,8-13H2,1H3. The van der Waals surface area contributed by atoms with E-state index in [0.29, 0.717) is 13.2 Å². The zero-order chi connectivity index (χ0) is 15.4. The molecule has 0 bridgehead atoms. The Morgan fingerprint density at radius 1 is 1.36 bits per heavy atom. The smallest absolute Gasteiger partial charge is 0.242 e. The second-order valence-electron chi connectivity index (χ2n) is 6.11. The number of likely N-dealkylation sites (N-methyl/N-ethyl adjacent to an activating group) is 1. The molecule has 0 aromatic heterocycles. The highest BCUT2D eigenvalue weighted by Crippen LogP contribution is 2.22. The van der Waals surface area contributed by atoms with E-state index in [1.807, 2.05) is 18.0 Å². The van der Waals surface area contributed by atoms with Crippen LogP contribution in [-0.2, 0) is 9.53 Å². The van der Waals surface area contributed by atoms with E-state index in [0.717, 1.165) is 32.5 Å². The van der Waals surface area contributed by atoms with Gasteiger partial charge in [0.25, 0.3) is 0 Å². The van der Waals surface area contributed by atoms with Crippen molar-refractivity contribution in [2.24, 2.45) is 0 Å². The number of carbonyl (C=O) groups is 1. The van der Waals surface area contributed by atoms with Crippen LogP contribution in [0.4, 0.5) is 5.69 Å². The molecule has 22 heavy (non-hydrogen) atoms. The summed E-state index contributed by atoms with van der Waals surface area (Å²) in [5.41, 5.74) is 1.24. The highest BCUT2D eigenvalue weighted by molar-refractivity contribution is 5.82. The lowest BCUT2D eigenvalue weighted by Crippen LogP contribution is -2.56. The third-order valence-corrected chi connectivity index (χ3v) is 4.63. The molecule has 2 atom stereocenters. The van der Waals surface area contributed by atoms with Gasteiger partial charge in [-0.3, -0.25) is 4.79 Å². The molecule has 0 radical (unpaired) electrons. The first-order valence-corrected chi connectivity index (χ1v) is 8.13.